The van der Waals surface area contributed by atoms with Crippen molar-refractivity contribution in [3.63, 3.8) is 0 Å². The van der Waals surface area contributed by atoms with Gasteiger partial charge in [0.25, 0.3) is 0 Å². The molecule has 84 valence electrons. The van der Waals surface area contributed by atoms with Gasteiger partial charge in [0.15, 0.2) is 0 Å². The lowest BCUT2D eigenvalue weighted by atomic mass is 10.0. The van der Waals surface area contributed by atoms with Gasteiger partial charge in [0.05, 0.1) is 13.2 Å². The molecule has 14 heavy (non-hydrogen) atoms. The average Bonchev–Trinajstić information content (AvgIpc) is 2.16. The van der Waals surface area contributed by atoms with Gasteiger partial charge < -0.3 is 9.47 Å². The van der Waals surface area contributed by atoms with Crippen LogP contribution < -0.4 is 0 Å². The second-order valence-corrected chi connectivity index (χ2v) is 3.68. The third-order valence-corrected chi connectivity index (χ3v) is 2.04. The number of ketones is 1. The number of unbranched alkanes of at least 4 members (excludes halogenated alkanes) is 1. The van der Waals surface area contributed by atoms with Crippen LogP contribution in [0, 0.1) is 5.92 Å². The Balaban J connectivity index is 3.10. The van der Waals surface area contributed by atoms with Crippen LogP contribution in [0.5, 0.6) is 0 Å². The summed E-state index contributed by atoms with van der Waals surface area (Å²) in [6.07, 6.45) is 2.58. The highest BCUT2D eigenvalue weighted by Gasteiger charge is 2.05. The molecule has 0 bridgehead atoms. The van der Waals surface area contributed by atoms with Gasteiger partial charge in [0.2, 0.25) is 0 Å². The Morgan fingerprint density at radius 3 is 2.43 bits per heavy atom. The van der Waals surface area contributed by atoms with Crippen LogP contribution in [-0.2, 0) is 14.3 Å². The molecule has 0 N–H and O–H groups in total. The number of carbonyl (C=O) groups is 1. The summed E-state index contributed by atoms with van der Waals surface area (Å²) in [6, 6.07) is 0. The maximum Gasteiger partial charge on any atom is 0.135 e. The van der Waals surface area contributed by atoms with E-state index in [9.17, 15) is 4.79 Å². The van der Waals surface area contributed by atoms with E-state index in [1.54, 1.807) is 7.11 Å². The summed E-state index contributed by atoms with van der Waals surface area (Å²) < 4.78 is 10.1. The third kappa shape index (κ3) is 8.20. The summed E-state index contributed by atoms with van der Waals surface area (Å²) in [7, 11) is 1.66. The van der Waals surface area contributed by atoms with Crippen LogP contribution in [0.3, 0.4) is 0 Å². The number of hydrogen-bond acceptors (Lipinski definition) is 3. The van der Waals surface area contributed by atoms with Crippen molar-refractivity contribution < 1.29 is 14.3 Å². The van der Waals surface area contributed by atoms with Crippen LogP contribution in [0.25, 0.3) is 0 Å². The van der Waals surface area contributed by atoms with Crippen LogP contribution in [0.1, 0.15) is 33.1 Å². The van der Waals surface area contributed by atoms with E-state index in [1.165, 1.54) is 0 Å². The van der Waals surface area contributed by atoms with Gasteiger partial charge in [-0.1, -0.05) is 13.8 Å². The van der Waals surface area contributed by atoms with E-state index < -0.39 is 0 Å². The first-order chi connectivity index (χ1) is 6.68. The third-order valence-electron chi connectivity index (χ3n) is 2.04. The van der Waals surface area contributed by atoms with E-state index in [1.807, 2.05) is 13.8 Å². The Morgan fingerprint density at radius 1 is 1.14 bits per heavy atom. The van der Waals surface area contributed by atoms with Crippen LogP contribution in [-0.4, -0.2) is 32.7 Å². The molecule has 3 nitrogen and oxygen atoms in total. The SMILES string of the molecule is COCCOCCCCC(=O)C(C)C. The molecule has 0 unspecified atom stereocenters. The molecule has 0 aliphatic rings. The van der Waals surface area contributed by atoms with Crippen molar-refractivity contribution in [2.75, 3.05) is 26.9 Å². The molecule has 0 aromatic heterocycles. The summed E-state index contributed by atoms with van der Waals surface area (Å²) in [6.45, 7) is 5.91. The summed E-state index contributed by atoms with van der Waals surface area (Å²) in [5.74, 6) is 0.520. The first-order valence-electron chi connectivity index (χ1n) is 5.28. The topological polar surface area (TPSA) is 35.5 Å². The van der Waals surface area contributed by atoms with Crippen LogP contribution >= 0.6 is 0 Å². The summed E-state index contributed by atoms with van der Waals surface area (Å²) in [5, 5.41) is 0. The maximum absolute atomic E-state index is 11.2. The minimum Gasteiger partial charge on any atom is -0.382 e. The lowest BCUT2D eigenvalue weighted by Gasteiger charge is -2.04. The lowest BCUT2D eigenvalue weighted by molar-refractivity contribution is -0.122. The molecule has 0 aliphatic carbocycles. The minimum absolute atomic E-state index is 0.171. The standard InChI is InChI=1S/C11H22O3/c1-10(2)11(12)6-4-5-7-14-9-8-13-3/h10H,4-9H2,1-3H3. The van der Waals surface area contributed by atoms with Gasteiger partial charge in [-0.25, -0.2) is 0 Å². The van der Waals surface area contributed by atoms with Crippen LogP contribution in [0.2, 0.25) is 0 Å². The number of hydrogen-bond donors (Lipinski definition) is 0. The Kier molecular flexibility index (Phi) is 8.89. The zero-order chi connectivity index (χ0) is 10.8. The fourth-order valence-corrected chi connectivity index (χ4v) is 1.04. The molecule has 0 aliphatic heterocycles. The summed E-state index contributed by atoms with van der Waals surface area (Å²) in [4.78, 5) is 11.2. The first kappa shape index (κ1) is 13.6. The lowest BCUT2D eigenvalue weighted by Crippen LogP contribution is -2.07. The molecule has 0 saturated carbocycles. The quantitative estimate of drug-likeness (QED) is 0.537. The number of ether oxygens (including phenoxy) is 2. The van der Waals surface area contributed by atoms with Crippen molar-refractivity contribution in [2.45, 2.75) is 33.1 Å². The fourth-order valence-electron chi connectivity index (χ4n) is 1.04. The van der Waals surface area contributed by atoms with Crippen molar-refractivity contribution in [1.82, 2.24) is 0 Å². The molecule has 0 atom stereocenters. The molecule has 0 amide bonds. The van der Waals surface area contributed by atoms with Crippen molar-refractivity contribution >= 4 is 5.78 Å². The van der Waals surface area contributed by atoms with Gasteiger partial charge in [-0.3, -0.25) is 4.79 Å². The molecule has 0 rings (SSSR count). The second kappa shape index (κ2) is 9.16. The number of carbonyl (C=O) groups excluding carboxylic acids is 1. The van der Waals surface area contributed by atoms with E-state index in [4.69, 9.17) is 9.47 Å². The Bertz CT molecular complexity index is 143. The van der Waals surface area contributed by atoms with Crippen LogP contribution in [0.15, 0.2) is 0 Å². The minimum atomic E-state index is 0.171. The first-order valence-corrected chi connectivity index (χ1v) is 5.28. The van der Waals surface area contributed by atoms with Crippen LogP contribution in [0.4, 0.5) is 0 Å². The summed E-state index contributed by atoms with van der Waals surface area (Å²) >= 11 is 0. The van der Waals surface area contributed by atoms with Crippen molar-refractivity contribution in [3.05, 3.63) is 0 Å². The van der Waals surface area contributed by atoms with E-state index in [0.717, 1.165) is 19.4 Å². The van der Waals surface area contributed by atoms with Crippen molar-refractivity contribution in [1.29, 1.82) is 0 Å². The molecule has 0 saturated heterocycles. The molecule has 0 aromatic carbocycles. The highest BCUT2D eigenvalue weighted by atomic mass is 16.5. The molecule has 0 heterocycles. The molecule has 3 heteroatoms. The van der Waals surface area contributed by atoms with Gasteiger partial charge in [-0.05, 0) is 12.8 Å². The van der Waals surface area contributed by atoms with E-state index in [-0.39, 0.29) is 5.92 Å². The largest absolute Gasteiger partial charge is 0.382 e. The normalized spacial score (nSPS) is 10.9. The monoisotopic (exact) mass is 202 g/mol. The summed E-state index contributed by atoms with van der Waals surface area (Å²) in [5.41, 5.74) is 0. The van der Waals surface area contributed by atoms with Crippen molar-refractivity contribution in [2.24, 2.45) is 5.92 Å². The number of methoxy groups -OCH3 is 1. The maximum atomic E-state index is 11.2. The number of Topliss-reactive ketones (excluding diaryl/α,β-unsaturated/α-hetero) is 1. The van der Waals surface area contributed by atoms with Gasteiger partial charge in [-0.15, -0.1) is 0 Å². The van der Waals surface area contributed by atoms with Gasteiger partial charge in [0, 0.05) is 26.1 Å². The Labute approximate surface area is 86.8 Å². The second-order valence-electron chi connectivity index (χ2n) is 3.68. The molecule has 0 radical (unpaired) electrons. The zero-order valence-corrected chi connectivity index (χ0v) is 9.54. The Morgan fingerprint density at radius 2 is 1.86 bits per heavy atom. The van der Waals surface area contributed by atoms with Crippen molar-refractivity contribution in [3.8, 4) is 0 Å². The zero-order valence-electron chi connectivity index (χ0n) is 9.54. The van der Waals surface area contributed by atoms with E-state index >= 15 is 0 Å². The highest BCUT2D eigenvalue weighted by Crippen LogP contribution is 2.04. The number of rotatable bonds is 9. The smallest absolute Gasteiger partial charge is 0.135 e. The van der Waals surface area contributed by atoms with E-state index in [0.29, 0.717) is 25.4 Å². The van der Waals surface area contributed by atoms with Gasteiger partial charge >= 0.3 is 0 Å². The highest BCUT2D eigenvalue weighted by molar-refractivity contribution is 5.80. The average molecular weight is 202 g/mol. The molecular weight excluding hydrogens is 180 g/mol. The molecule has 0 fully saturated rings. The van der Waals surface area contributed by atoms with Gasteiger partial charge in [-0.2, -0.15) is 0 Å². The predicted molar refractivity (Wildman–Crippen MR) is 56.4 cm³/mol. The Hall–Kier alpha value is -0.410. The predicted octanol–water partition coefficient (Wildman–Crippen LogP) is 2.04. The molecular formula is C11H22O3. The molecule has 0 spiro atoms. The fraction of sp³-hybridized carbons (Fsp3) is 0.909. The molecule has 0 aromatic rings. The van der Waals surface area contributed by atoms with E-state index in [2.05, 4.69) is 0 Å². The van der Waals surface area contributed by atoms with Gasteiger partial charge in [0.1, 0.15) is 5.78 Å².